The smallest absolute Gasteiger partial charge is 0.269 e. The SMILES string of the molecule is CNC(=O)CN1CCC(CN(C)c2ccc([N+](=O)[O-])cc2C)CC1. The Hall–Kier alpha value is -2.15. The molecule has 132 valence electrons. The monoisotopic (exact) mass is 334 g/mol. The third kappa shape index (κ3) is 4.67. The van der Waals surface area contributed by atoms with E-state index in [0.29, 0.717) is 12.5 Å². The van der Waals surface area contributed by atoms with Gasteiger partial charge in [-0.2, -0.15) is 0 Å². The second-order valence-corrected chi connectivity index (χ2v) is 6.50. The minimum absolute atomic E-state index is 0.0621. The van der Waals surface area contributed by atoms with E-state index in [1.165, 1.54) is 0 Å². The van der Waals surface area contributed by atoms with E-state index in [0.717, 1.165) is 43.7 Å². The quantitative estimate of drug-likeness (QED) is 0.634. The number of anilines is 1. The number of non-ortho nitro benzene ring substituents is 1. The molecule has 1 aromatic carbocycles. The number of aryl methyl sites for hydroxylation is 1. The lowest BCUT2D eigenvalue weighted by Gasteiger charge is -2.34. The summed E-state index contributed by atoms with van der Waals surface area (Å²) in [5.41, 5.74) is 2.09. The van der Waals surface area contributed by atoms with E-state index >= 15 is 0 Å². The van der Waals surface area contributed by atoms with Gasteiger partial charge < -0.3 is 10.2 Å². The van der Waals surface area contributed by atoms with E-state index in [4.69, 9.17) is 0 Å². The van der Waals surface area contributed by atoms with Crippen LogP contribution in [0, 0.1) is 23.0 Å². The lowest BCUT2D eigenvalue weighted by atomic mass is 9.96. The van der Waals surface area contributed by atoms with Gasteiger partial charge in [0.25, 0.3) is 5.69 Å². The van der Waals surface area contributed by atoms with Crippen molar-refractivity contribution in [1.29, 1.82) is 0 Å². The number of benzene rings is 1. The third-order valence-corrected chi connectivity index (χ3v) is 4.69. The van der Waals surface area contributed by atoms with E-state index in [-0.39, 0.29) is 16.5 Å². The first-order chi connectivity index (χ1) is 11.4. The van der Waals surface area contributed by atoms with Crippen molar-refractivity contribution in [3.63, 3.8) is 0 Å². The van der Waals surface area contributed by atoms with Crippen LogP contribution in [0.15, 0.2) is 18.2 Å². The van der Waals surface area contributed by atoms with Crippen LogP contribution in [0.3, 0.4) is 0 Å². The van der Waals surface area contributed by atoms with Crippen molar-refractivity contribution in [3.8, 4) is 0 Å². The van der Waals surface area contributed by atoms with Gasteiger partial charge in [-0.15, -0.1) is 0 Å². The summed E-state index contributed by atoms with van der Waals surface area (Å²) < 4.78 is 0. The average Bonchev–Trinajstić information content (AvgIpc) is 2.56. The molecule has 1 N–H and O–H groups in total. The highest BCUT2D eigenvalue weighted by Gasteiger charge is 2.22. The molecule has 0 bridgehead atoms. The molecule has 1 amide bonds. The van der Waals surface area contributed by atoms with Crippen LogP contribution in [0.5, 0.6) is 0 Å². The Morgan fingerprint density at radius 2 is 2.08 bits per heavy atom. The molecule has 7 heteroatoms. The lowest BCUT2D eigenvalue weighted by Crippen LogP contribution is -2.42. The molecule has 1 aliphatic rings. The number of likely N-dealkylation sites (N-methyl/N-ethyl adjacent to an activating group) is 1. The Labute approximate surface area is 142 Å². The first-order valence-electron chi connectivity index (χ1n) is 8.29. The number of carbonyl (C=O) groups excluding carboxylic acids is 1. The van der Waals surface area contributed by atoms with Crippen LogP contribution in [0.1, 0.15) is 18.4 Å². The molecule has 0 radical (unpaired) electrons. The summed E-state index contributed by atoms with van der Waals surface area (Å²) in [4.78, 5) is 26.3. The third-order valence-electron chi connectivity index (χ3n) is 4.69. The maximum Gasteiger partial charge on any atom is 0.269 e. The van der Waals surface area contributed by atoms with Gasteiger partial charge in [0.05, 0.1) is 11.5 Å². The molecule has 0 unspecified atom stereocenters. The van der Waals surface area contributed by atoms with Crippen molar-refractivity contribution < 1.29 is 9.72 Å². The van der Waals surface area contributed by atoms with Crippen LogP contribution in [-0.4, -0.2) is 56.0 Å². The summed E-state index contributed by atoms with van der Waals surface area (Å²) in [6, 6.07) is 5.01. The van der Waals surface area contributed by atoms with Gasteiger partial charge in [-0.25, -0.2) is 0 Å². The van der Waals surface area contributed by atoms with Crippen molar-refractivity contribution in [2.75, 3.05) is 45.2 Å². The zero-order valence-electron chi connectivity index (χ0n) is 14.6. The zero-order chi connectivity index (χ0) is 17.7. The Morgan fingerprint density at radius 1 is 1.42 bits per heavy atom. The topological polar surface area (TPSA) is 78.7 Å². The second kappa shape index (κ2) is 8.10. The first-order valence-corrected chi connectivity index (χ1v) is 8.29. The maximum atomic E-state index is 11.4. The van der Waals surface area contributed by atoms with E-state index in [1.54, 1.807) is 19.2 Å². The number of nitrogens with one attached hydrogen (secondary N) is 1. The number of likely N-dealkylation sites (tertiary alicyclic amines) is 1. The van der Waals surface area contributed by atoms with Gasteiger partial charge in [0, 0.05) is 38.5 Å². The van der Waals surface area contributed by atoms with Crippen molar-refractivity contribution in [3.05, 3.63) is 33.9 Å². The molecule has 2 rings (SSSR count). The predicted octanol–water partition coefficient (Wildman–Crippen LogP) is 1.80. The number of rotatable bonds is 6. The molecule has 1 saturated heterocycles. The molecule has 0 saturated carbocycles. The summed E-state index contributed by atoms with van der Waals surface area (Å²) >= 11 is 0. The molecule has 0 aliphatic carbocycles. The van der Waals surface area contributed by atoms with E-state index in [9.17, 15) is 14.9 Å². The molecule has 1 heterocycles. The van der Waals surface area contributed by atoms with Gasteiger partial charge in [-0.1, -0.05) is 0 Å². The highest BCUT2D eigenvalue weighted by Crippen LogP contribution is 2.26. The van der Waals surface area contributed by atoms with Gasteiger partial charge in [0.2, 0.25) is 5.91 Å². The number of nitro groups is 1. The number of amides is 1. The molecule has 1 aliphatic heterocycles. The van der Waals surface area contributed by atoms with Crippen LogP contribution >= 0.6 is 0 Å². The number of hydrogen-bond donors (Lipinski definition) is 1. The number of carbonyl (C=O) groups is 1. The minimum Gasteiger partial charge on any atom is -0.374 e. The lowest BCUT2D eigenvalue weighted by molar-refractivity contribution is -0.384. The van der Waals surface area contributed by atoms with E-state index < -0.39 is 0 Å². The van der Waals surface area contributed by atoms with Gasteiger partial charge in [0.15, 0.2) is 0 Å². The standard InChI is InChI=1S/C17H26N4O3/c1-13-10-15(21(23)24)4-5-16(13)19(3)11-14-6-8-20(9-7-14)12-17(22)18-2/h4-5,10,14H,6-9,11-12H2,1-3H3,(H,18,22). The number of nitro benzene ring substituents is 1. The van der Waals surface area contributed by atoms with E-state index in [2.05, 4.69) is 15.1 Å². The highest BCUT2D eigenvalue weighted by molar-refractivity contribution is 5.77. The molecule has 1 fully saturated rings. The van der Waals surface area contributed by atoms with Gasteiger partial charge in [-0.05, 0) is 50.4 Å². The minimum atomic E-state index is -0.362. The molecule has 24 heavy (non-hydrogen) atoms. The van der Waals surface area contributed by atoms with Gasteiger partial charge in [0.1, 0.15) is 0 Å². The Bertz CT molecular complexity index is 597. The molecular formula is C17H26N4O3. The van der Waals surface area contributed by atoms with E-state index in [1.807, 2.05) is 20.0 Å². The van der Waals surface area contributed by atoms with Crippen LogP contribution in [0.4, 0.5) is 11.4 Å². The van der Waals surface area contributed by atoms with Crippen molar-refractivity contribution in [2.24, 2.45) is 5.92 Å². The predicted molar refractivity (Wildman–Crippen MR) is 94.3 cm³/mol. The number of nitrogens with zero attached hydrogens (tertiary/aromatic N) is 3. The summed E-state index contributed by atoms with van der Waals surface area (Å²) in [7, 11) is 3.70. The Balaban J connectivity index is 1.88. The Kier molecular flexibility index (Phi) is 6.14. The van der Waals surface area contributed by atoms with Gasteiger partial charge >= 0.3 is 0 Å². The van der Waals surface area contributed by atoms with Crippen LogP contribution in [0.2, 0.25) is 0 Å². The summed E-state index contributed by atoms with van der Waals surface area (Å²) in [6.45, 7) is 5.17. The number of piperidine rings is 1. The summed E-state index contributed by atoms with van der Waals surface area (Å²) in [5, 5.41) is 13.5. The van der Waals surface area contributed by atoms with Crippen LogP contribution < -0.4 is 10.2 Å². The summed E-state index contributed by atoms with van der Waals surface area (Å²) in [6.07, 6.45) is 2.13. The fourth-order valence-corrected chi connectivity index (χ4v) is 3.28. The molecule has 0 atom stereocenters. The first kappa shape index (κ1) is 18.2. The molecule has 1 aromatic rings. The number of hydrogen-bond acceptors (Lipinski definition) is 5. The fraction of sp³-hybridized carbons (Fsp3) is 0.588. The zero-order valence-corrected chi connectivity index (χ0v) is 14.6. The van der Waals surface area contributed by atoms with Gasteiger partial charge in [-0.3, -0.25) is 19.8 Å². The largest absolute Gasteiger partial charge is 0.374 e. The van der Waals surface area contributed by atoms with Crippen LogP contribution in [-0.2, 0) is 4.79 Å². The molecule has 0 spiro atoms. The molecular weight excluding hydrogens is 308 g/mol. The van der Waals surface area contributed by atoms with Crippen molar-refractivity contribution >= 4 is 17.3 Å². The molecule has 7 nitrogen and oxygen atoms in total. The normalized spacial score (nSPS) is 16.0. The Morgan fingerprint density at radius 3 is 2.62 bits per heavy atom. The van der Waals surface area contributed by atoms with Crippen molar-refractivity contribution in [1.82, 2.24) is 10.2 Å². The van der Waals surface area contributed by atoms with Crippen LogP contribution in [0.25, 0.3) is 0 Å². The second-order valence-electron chi connectivity index (χ2n) is 6.50. The highest BCUT2D eigenvalue weighted by atomic mass is 16.6. The average molecular weight is 334 g/mol. The fourth-order valence-electron chi connectivity index (χ4n) is 3.28. The summed E-state index contributed by atoms with van der Waals surface area (Å²) in [5.74, 6) is 0.637. The van der Waals surface area contributed by atoms with Crippen molar-refractivity contribution in [2.45, 2.75) is 19.8 Å². The maximum absolute atomic E-state index is 11.4. The molecule has 0 aromatic heterocycles.